The molecule has 0 aromatic carbocycles. The maximum absolute atomic E-state index is 10.9. The minimum absolute atomic E-state index is 0.0892. The second-order valence-corrected chi connectivity index (χ2v) is 2.40. The Bertz CT molecular complexity index is 360. The van der Waals surface area contributed by atoms with Crippen LogP contribution in [0.3, 0.4) is 0 Å². The Kier molecular flexibility index (Phi) is 2.64. The van der Waals surface area contributed by atoms with Crippen LogP contribution in [0.5, 0.6) is 0 Å². The number of hydrogen-bond donors (Lipinski definition) is 1. The van der Waals surface area contributed by atoms with Gasteiger partial charge < -0.3 is 4.98 Å². The molecule has 0 aliphatic heterocycles. The number of allylic oxidation sites excluding steroid dienone is 1. The quantitative estimate of drug-likeness (QED) is 0.707. The Labute approximate surface area is 71.3 Å². The van der Waals surface area contributed by atoms with E-state index in [0.29, 0.717) is 0 Å². The molecular weight excluding hydrogens is 150 g/mol. The van der Waals surface area contributed by atoms with Crippen LogP contribution in [-0.4, -0.2) is 4.98 Å². The molecule has 0 amide bonds. The molecular formula is C10H11NO. The Morgan fingerprint density at radius 1 is 1.50 bits per heavy atom. The highest BCUT2D eigenvalue weighted by molar-refractivity contribution is 5.60. The van der Waals surface area contributed by atoms with Crippen molar-refractivity contribution in [3.63, 3.8) is 0 Å². The standard InChI is InChI=1S/C10H11NO/c1-3-5-9-8(4-2)6-7-10(12)11-9/h3-7H,2H2,1H3,(H,11,12)/b5-3-. The van der Waals surface area contributed by atoms with Crippen LogP contribution in [0.2, 0.25) is 0 Å². The van der Waals surface area contributed by atoms with Gasteiger partial charge in [-0.1, -0.05) is 18.7 Å². The molecule has 0 unspecified atom stereocenters. The molecule has 0 saturated heterocycles. The van der Waals surface area contributed by atoms with Crippen LogP contribution < -0.4 is 5.56 Å². The number of aromatic amines is 1. The predicted molar refractivity (Wildman–Crippen MR) is 51.9 cm³/mol. The number of pyridine rings is 1. The molecule has 0 aliphatic carbocycles. The van der Waals surface area contributed by atoms with Gasteiger partial charge in [-0.15, -0.1) is 0 Å². The van der Waals surface area contributed by atoms with E-state index in [4.69, 9.17) is 0 Å². The zero-order valence-corrected chi connectivity index (χ0v) is 7.00. The second-order valence-electron chi connectivity index (χ2n) is 2.40. The summed E-state index contributed by atoms with van der Waals surface area (Å²) in [5.41, 5.74) is 1.65. The summed E-state index contributed by atoms with van der Waals surface area (Å²) in [6.07, 6.45) is 5.43. The highest BCUT2D eigenvalue weighted by atomic mass is 16.1. The van der Waals surface area contributed by atoms with Gasteiger partial charge in [-0.05, 0) is 24.6 Å². The first kappa shape index (κ1) is 8.53. The smallest absolute Gasteiger partial charge is 0.248 e. The van der Waals surface area contributed by atoms with Crippen molar-refractivity contribution in [3.8, 4) is 0 Å². The first-order valence-corrected chi connectivity index (χ1v) is 3.76. The molecule has 12 heavy (non-hydrogen) atoms. The van der Waals surface area contributed by atoms with Crippen LogP contribution in [0.1, 0.15) is 18.2 Å². The molecule has 0 spiro atoms. The van der Waals surface area contributed by atoms with Crippen molar-refractivity contribution in [3.05, 3.63) is 46.4 Å². The number of hydrogen-bond acceptors (Lipinski definition) is 1. The normalized spacial score (nSPS) is 10.4. The lowest BCUT2D eigenvalue weighted by atomic mass is 10.2. The maximum atomic E-state index is 10.9. The van der Waals surface area contributed by atoms with E-state index in [-0.39, 0.29) is 5.56 Å². The summed E-state index contributed by atoms with van der Waals surface area (Å²) in [5.74, 6) is 0. The molecule has 1 aromatic rings. The zero-order valence-electron chi connectivity index (χ0n) is 7.00. The van der Waals surface area contributed by atoms with Crippen LogP contribution in [0.4, 0.5) is 0 Å². The fraction of sp³-hybridized carbons (Fsp3) is 0.100. The molecule has 1 heterocycles. The van der Waals surface area contributed by atoms with Crippen LogP contribution in [0.25, 0.3) is 12.2 Å². The molecule has 0 atom stereocenters. The first-order valence-electron chi connectivity index (χ1n) is 3.76. The van der Waals surface area contributed by atoms with Gasteiger partial charge in [0.05, 0.1) is 0 Å². The third-order valence-corrected chi connectivity index (χ3v) is 1.54. The summed E-state index contributed by atoms with van der Waals surface area (Å²) in [5, 5.41) is 0. The Morgan fingerprint density at radius 3 is 2.83 bits per heavy atom. The van der Waals surface area contributed by atoms with Crippen molar-refractivity contribution in [1.82, 2.24) is 4.98 Å². The number of H-pyrrole nitrogens is 1. The van der Waals surface area contributed by atoms with Gasteiger partial charge in [-0.25, -0.2) is 0 Å². The van der Waals surface area contributed by atoms with Gasteiger partial charge in [0.2, 0.25) is 5.56 Å². The molecule has 0 bridgehead atoms. The largest absolute Gasteiger partial charge is 0.322 e. The van der Waals surface area contributed by atoms with Gasteiger partial charge in [0.25, 0.3) is 0 Å². The zero-order chi connectivity index (χ0) is 8.97. The average molecular weight is 161 g/mol. The predicted octanol–water partition coefficient (Wildman–Crippen LogP) is 2.05. The highest BCUT2D eigenvalue weighted by Crippen LogP contribution is 2.06. The number of nitrogens with one attached hydrogen (secondary N) is 1. The van der Waals surface area contributed by atoms with E-state index in [1.54, 1.807) is 12.1 Å². The van der Waals surface area contributed by atoms with E-state index in [0.717, 1.165) is 11.3 Å². The van der Waals surface area contributed by atoms with E-state index < -0.39 is 0 Å². The molecule has 2 nitrogen and oxygen atoms in total. The van der Waals surface area contributed by atoms with Crippen LogP contribution in [0.15, 0.2) is 29.6 Å². The highest BCUT2D eigenvalue weighted by Gasteiger charge is 1.94. The minimum atomic E-state index is -0.0892. The van der Waals surface area contributed by atoms with Gasteiger partial charge in [0.1, 0.15) is 0 Å². The van der Waals surface area contributed by atoms with E-state index in [1.165, 1.54) is 6.07 Å². The van der Waals surface area contributed by atoms with Gasteiger partial charge in [-0.2, -0.15) is 0 Å². The third kappa shape index (κ3) is 1.72. The molecule has 1 rings (SSSR count). The SMILES string of the molecule is C=Cc1ccc(=O)[nH]c1/C=C\C. The van der Waals surface area contributed by atoms with E-state index in [2.05, 4.69) is 11.6 Å². The van der Waals surface area contributed by atoms with Gasteiger partial charge in [0.15, 0.2) is 0 Å². The van der Waals surface area contributed by atoms with Crippen molar-refractivity contribution in [2.24, 2.45) is 0 Å². The molecule has 0 aliphatic rings. The topological polar surface area (TPSA) is 32.9 Å². The van der Waals surface area contributed by atoms with E-state index >= 15 is 0 Å². The third-order valence-electron chi connectivity index (χ3n) is 1.54. The Hall–Kier alpha value is -1.57. The van der Waals surface area contributed by atoms with Crippen molar-refractivity contribution in [1.29, 1.82) is 0 Å². The van der Waals surface area contributed by atoms with Crippen LogP contribution >= 0.6 is 0 Å². The lowest BCUT2D eigenvalue weighted by molar-refractivity contribution is 1.20. The first-order chi connectivity index (χ1) is 5.77. The maximum Gasteiger partial charge on any atom is 0.248 e. The van der Waals surface area contributed by atoms with Crippen LogP contribution in [0, 0.1) is 0 Å². The monoisotopic (exact) mass is 161 g/mol. The van der Waals surface area contributed by atoms with E-state index in [1.807, 2.05) is 19.1 Å². The number of aromatic nitrogens is 1. The molecule has 0 saturated carbocycles. The molecule has 2 heteroatoms. The number of rotatable bonds is 2. The lowest BCUT2D eigenvalue weighted by Gasteiger charge is -1.97. The van der Waals surface area contributed by atoms with Crippen molar-refractivity contribution in [2.45, 2.75) is 6.92 Å². The molecule has 1 N–H and O–H groups in total. The summed E-state index contributed by atoms with van der Waals surface area (Å²) in [4.78, 5) is 13.6. The van der Waals surface area contributed by atoms with E-state index in [9.17, 15) is 4.79 Å². The molecule has 62 valence electrons. The van der Waals surface area contributed by atoms with Crippen molar-refractivity contribution < 1.29 is 0 Å². The summed E-state index contributed by atoms with van der Waals surface area (Å²) < 4.78 is 0. The van der Waals surface area contributed by atoms with Gasteiger partial charge >= 0.3 is 0 Å². The summed E-state index contributed by atoms with van der Waals surface area (Å²) in [6, 6.07) is 3.24. The fourth-order valence-corrected chi connectivity index (χ4v) is 0.984. The van der Waals surface area contributed by atoms with Crippen molar-refractivity contribution in [2.75, 3.05) is 0 Å². The van der Waals surface area contributed by atoms with Crippen LogP contribution in [-0.2, 0) is 0 Å². The minimum Gasteiger partial charge on any atom is -0.322 e. The Balaban J connectivity index is 3.30. The Morgan fingerprint density at radius 2 is 2.25 bits per heavy atom. The summed E-state index contributed by atoms with van der Waals surface area (Å²) >= 11 is 0. The van der Waals surface area contributed by atoms with Gasteiger partial charge in [-0.3, -0.25) is 4.79 Å². The lowest BCUT2D eigenvalue weighted by Crippen LogP contribution is -2.05. The summed E-state index contributed by atoms with van der Waals surface area (Å²) in [7, 11) is 0. The average Bonchev–Trinajstić information content (AvgIpc) is 2.05. The molecule has 0 fully saturated rings. The second kappa shape index (κ2) is 3.72. The van der Waals surface area contributed by atoms with Crippen molar-refractivity contribution >= 4 is 12.2 Å². The fourth-order valence-electron chi connectivity index (χ4n) is 0.984. The molecule has 1 aromatic heterocycles. The summed E-state index contributed by atoms with van der Waals surface area (Å²) in [6.45, 7) is 5.55. The van der Waals surface area contributed by atoms with Gasteiger partial charge in [0, 0.05) is 11.8 Å². The molecule has 0 radical (unpaired) electrons.